The predicted octanol–water partition coefficient (Wildman–Crippen LogP) is 1.90. The van der Waals surface area contributed by atoms with Crippen molar-refractivity contribution in [1.29, 1.82) is 0 Å². The molecule has 0 aromatic heterocycles. The van der Waals surface area contributed by atoms with Crippen molar-refractivity contribution in [1.82, 2.24) is 5.32 Å². The molecular weight excluding hydrogens is 160 g/mol. The minimum Gasteiger partial charge on any atom is -0.330 e. The van der Waals surface area contributed by atoms with Crippen molar-refractivity contribution >= 4 is 0 Å². The van der Waals surface area contributed by atoms with E-state index in [9.17, 15) is 0 Å². The highest BCUT2D eigenvalue weighted by Crippen LogP contribution is 2.34. The van der Waals surface area contributed by atoms with Gasteiger partial charge in [0.1, 0.15) is 0 Å². The second-order valence-electron chi connectivity index (χ2n) is 4.69. The molecule has 0 atom stereocenters. The lowest BCUT2D eigenvalue weighted by molar-refractivity contribution is 0.208. The molecule has 0 radical (unpaired) electrons. The van der Waals surface area contributed by atoms with E-state index < -0.39 is 0 Å². The largest absolute Gasteiger partial charge is 0.330 e. The van der Waals surface area contributed by atoms with Crippen molar-refractivity contribution in [2.24, 2.45) is 11.1 Å². The Hall–Kier alpha value is -0.0800. The molecule has 0 unspecified atom stereocenters. The van der Waals surface area contributed by atoms with Crippen LogP contribution in [0.3, 0.4) is 0 Å². The van der Waals surface area contributed by atoms with Crippen LogP contribution in [0, 0.1) is 5.41 Å². The van der Waals surface area contributed by atoms with Crippen LogP contribution < -0.4 is 11.1 Å². The Balaban J connectivity index is 2.10. The predicted molar refractivity (Wildman–Crippen MR) is 57.7 cm³/mol. The fourth-order valence-corrected chi connectivity index (χ4v) is 2.20. The smallest absolute Gasteiger partial charge is 0.000517 e. The number of hydrogen-bond donors (Lipinski definition) is 2. The van der Waals surface area contributed by atoms with Gasteiger partial charge in [-0.05, 0) is 37.8 Å². The quantitative estimate of drug-likeness (QED) is 0.640. The monoisotopic (exact) mass is 184 g/mol. The van der Waals surface area contributed by atoms with Crippen molar-refractivity contribution in [3.05, 3.63) is 0 Å². The molecule has 1 saturated carbocycles. The first-order valence-electron chi connectivity index (χ1n) is 5.68. The lowest BCUT2D eigenvalue weighted by Crippen LogP contribution is -2.34. The summed E-state index contributed by atoms with van der Waals surface area (Å²) in [6.45, 7) is 5.50. The first-order valence-corrected chi connectivity index (χ1v) is 5.68. The Bertz CT molecular complexity index is 128. The zero-order valence-corrected chi connectivity index (χ0v) is 8.94. The van der Waals surface area contributed by atoms with Gasteiger partial charge in [-0.15, -0.1) is 0 Å². The molecule has 2 heteroatoms. The highest BCUT2D eigenvalue weighted by atomic mass is 14.9. The van der Waals surface area contributed by atoms with E-state index in [1.165, 1.54) is 38.6 Å². The maximum Gasteiger partial charge on any atom is 0.000517 e. The van der Waals surface area contributed by atoms with E-state index in [4.69, 9.17) is 5.73 Å². The summed E-state index contributed by atoms with van der Waals surface area (Å²) in [6.07, 6.45) is 8.21. The minimum absolute atomic E-state index is 0.576. The molecule has 13 heavy (non-hydrogen) atoms. The van der Waals surface area contributed by atoms with Crippen LogP contribution in [-0.2, 0) is 0 Å². The van der Waals surface area contributed by atoms with Crippen LogP contribution in [0.5, 0.6) is 0 Å². The number of nitrogens with two attached hydrogens (primary N) is 1. The molecule has 0 bridgehead atoms. The molecule has 1 rings (SSSR count). The van der Waals surface area contributed by atoms with E-state index in [-0.39, 0.29) is 0 Å². The molecule has 0 spiro atoms. The van der Waals surface area contributed by atoms with Crippen LogP contribution in [0.4, 0.5) is 0 Å². The van der Waals surface area contributed by atoms with Gasteiger partial charge in [-0.1, -0.05) is 26.2 Å². The fraction of sp³-hybridized carbons (Fsp3) is 1.00. The Kier molecular flexibility index (Phi) is 4.74. The standard InChI is InChI=1S/C11H24N2/c1-11(6-3-2-4-7-11)10-13-9-5-8-12/h13H,2-10,12H2,1H3. The van der Waals surface area contributed by atoms with Gasteiger partial charge in [0.2, 0.25) is 0 Å². The summed E-state index contributed by atoms with van der Waals surface area (Å²) in [7, 11) is 0. The van der Waals surface area contributed by atoms with E-state index in [2.05, 4.69) is 12.2 Å². The van der Waals surface area contributed by atoms with Crippen molar-refractivity contribution < 1.29 is 0 Å². The van der Waals surface area contributed by atoms with Crippen molar-refractivity contribution in [2.75, 3.05) is 19.6 Å². The number of hydrogen-bond acceptors (Lipinski definition) is 2. The van der Waals surface area contributed by atoms with Crippen molar-refractivity contribution in [3.8, 4) is 0 Å². The first kappa shape index (κ1) is 11.0. The summed E-state index contributed by atoms with van der Waals surface area (Å²) in [6, 6.07) is 0. The van der Waals surface area contributed by atoms with Gasteiger partial charge >= 0.3 is 0 Å². The van der Waals surface area contributed by atoms with Gasteiger partial charge in [0.15, 0.2) is 0 Å². The van der Waals surface area contributed by atoms with Crippen molar-refractivity contribution in [2.45, 2.75) is 45.4 Å². The Morgan fingerprint density at radius 3 is 2.54 bits per heavy atom. The molecule has 0 aromatic carbocycles. The Morgan fingerprint density at radius 2 is 1.92 bits per heavy atom. The minimum atomic E-state index is 0.576. The average Bonchev–Trinajstić information content (AvgIpc) is 2.14. The van der Waals surface area contributed by atoms with Gasteiger partial charge in [-0.3, -0.25) is 0 Å². The van der Waals surface area contributed by atoms with E-state index in [1.807, 2.05) is 0 Å². The fourth-order valence-electron chi connectivity index (χ4n) is 2.20. The molecule has 0 amide bonds. The second kappa shape index (κ2) is 5.61. The van der Waals surface area contributed by atoms with Crippen LogP contribution >= 0.6 is 0 Å². The number of nitrogens with one attached hydrogen (secondary N) is 1. The average molecular weight is 184 g/mol. The van der Waals surface area contributed by atoms with Gasteiger partial charge < -0.3 is 11.1 Å². The van der Waals surface area contributed by atoms with Gasteiger partial charge in [-0.2, -0.15) is 0 Å². The molecule has 0 heterocycles. The summed E-state index contributed by atoms with van der Waals surface area (Å²) in [5, 5.41) is 3.52. The highest BCUT2D eigenvalue weighted by Gasteiger charge is 2.25. The maximum atomic E-state index is 5.44. The molecule has 1 aliphatic rings. The van der Waals surface area contributed by atoms with Crippen LogP contribution in [0.15, 0.2) is 0 Å². The molecule has 0 aliphatic heterocycles. The zero-order chi connectivity index (χ0) is 9.57. The van der Waals surface area contributed by atoms with Crippen LogP contribution in [0.2, 0.25) is 0 Å². The third-order valence-corrected chi connectivity index (χ3v) is 3.17. The second-order valence-corrected chi connectivity index (χ2v) is 4.69. The van der Waals surface area contributed by atoms with Gasteiger partial charge in [-0.25, -0.2) is 0 Å². The summed E-state index contributed by atoms with van der Waals surface area (Å²) < 4.78 is 0. The van der Waals surface area contributed by atoms with E-state index in [0.29, 0.717) is 5.41 Å². The van der Waals surface area contributed by atoms with Gasteiger partial charge in [0.05, 0.1) is 0 Å². The van der Waals surface area contributed by atoms with E-state index >= 15 is 0 Å². The molecular formula is C11H24N2. The SMILES string of the molecule is CC1(CNCCCN)CCCCC1. The van der Waals surface area contributed by atoms with Crippen LogP contribution in [0.1, 0.15) is 45.4 Å². The molecule has 0 saturated heterocycles. The van der Waals surface area contributed by atoms with Crippen LogP contribution in [-0.4, -0.2) is 19.6 Å². The van der Waals surface area contributed by atoms with Crippen molar-refractivity contribution in [3.63, 3.8) is 0 Å². The Labute approximate surface area is 82.3 Å². The third kappa shape index (κ3) is 4.10. The lowest BCUT2D eigenvalue weighted by Gasteiger charge is -2.33. The molecule has 2 nitrogen and oxygen atoms in total. The summed E-state index contributed by atoms with van der Waals surface area (Å²) >= 11 is 0. The third-order valence-electron chi connectivity index (χ3n) is 3.17. The van der Waals surface area contributed by atoms with Gasteiger partial charge in [0, 0.05) is 6.54 Å². The molecule has 78 valence electrons. The highest BCUT2D eigenvalue weighted by molar-refractivity contribution is 4.80. The molecule has 1 fully saturated rings. The zero-order valence-electron chi connectivity index (χ0n) is 8.94. The molecule has 0 aromatic rings. The van der Waals surface area contributed by atoms with Gasteiger partial charge in [0.25, 0.3) is 0 Å². The first-order chi connectivity index (χ1) is 6.27. The topological polar surface area (TPSA) is 38.0 Å². The van der Waals surface area contributed by atoms with E-state index in [1.54, 1.807) is 0 Å². The molecule has 1 aliphatic carbocycles. The Morgan fingerprint density at radius 1 is 1.23 bits per heavy atom. The number of rotatable bonds is 5. The summed E-state index contributed by atoms with van der Waals surface area (Å²) in [5.74, 6) is 0. The maximum absolute atomic E-state index is 5.44. The summed E-state index contributed by atoms with van der Waals surface area (Å²) in [4.78, 5) is 0. The normalized spacial score (nSPS) is 21.7. The van der Waals surface area contributed by atoms with Crippen LogP contribution in [0.25, 0.3) is 0 Å². The lowest BCUT2D eigenvalue weighted by atomic mass is 9.76. The summed E-state index contributed by atoms with van der Waals surface area (Å²) in [5.41, 5.74) is 6.02. The molecule has 3 N–H and O–H groups in total. The van der Waals surface area contributed by atoms with E-state index in [0.717, 1.165) is 19.5 Å².